The number of rotatable bonds is 5. The van der Waals surface area contributed by atoms with Gasteiger partial charge in [-0.2, -0.15) is 0 Å². The molecule has 0 amide bonds. The summed E-state index contributed by atoms with van der Waals surface area (Å²) in [6.07, 6.45) is 0. The molecule has 4 aromatic carbocycles. The van der Waals surface area contributed by atoms with Gasteiger partial charge in [-0.1, -0.05) is 56.1 Å². The molecule has 0 saturated carbocycles. The van der Waals surface area contributed by atoms with Gasteiger partial charge in [-0.05, 0) is 83.9 Å². The number of hydrogen-bond acceptors (Lipinski definition) is 2. The predicted molar refractivity (Wildman–Crippen MR) is 127 cm³/mol. The van der Waals surface area contributed by atoms with Gasteiger partial charge in [0.25, 0.3) is 0 Å². The molecule has 0 aliphatic carbocycles. The van der Waals surface area contributed by atoms with Crippen LogP contribution in [0.5, 0.6) is 0 Å². The Morgan fingerprint density at radius 2 is 0.607 bits per heavy atom. The van der Waals surface area contributed by atoms with Crippen LogP contribution in [0.4, 0.5) is 22.7 Å². The zero-order valence-corrected chi connectivity index (χ0v) is 18.2. The minimum absolute atomic E-state index is 1.07. The third kappa shape index (κ3) is 4.83. The van der Waals surface area contributed by atoms with E-state index in [0.29, 0.717) is 0 Å². The zero-order valence-electron chi connectivity index (χ0n) is 15.0. The van der Waals surface area contributed by atoms with Crippen molar-refractivity contribution in [3.8, 4) is 11.1 Å². The van der Waals surface area contributed by atoms with Crippen molar-refractivity contribution >= 4 is 54.6 Å². The SMILES string of the molecule is Brc1ccc(Nc2ccc(-c3ccc(Nc4ccc(Br)cc4)cc3)cc2)cc1. The number of halogens is 2. The molecule has 0 bridgehead atoms. The maximum Gasteiger partial charge on any atom is 0.0384 e. The molecule has 0 aliphatic rings. The second-order valence-electron chi connectivity index (χ2n) is 6.42. The van der Waals surface area contributed by atoms with Gasteiger partial charge >= 0.3 is 0 Å². The van der Waals surface area contributed by atoms with E-state index in [2.05, 4.69) is 115 Å². The van der Waals surface area contributed by atoms with Crippen molar-refractivity contribution in [1.29, 1.82) is 0 Å². The Bertz CT molecular complexity index is 951. The van der Waals surface area contributed by atoms with Crippen LogP contribution < -0.4 is 10.6 Å². The van der Waals surface area contributed by atoms with Gasteiger partial charge in [0.1, 0.15) is 0 Å². The standard InChI is InChI=1S/C24H18Br2N2/c25-19-5-13-23(14-6-19)27-21-9-1-17(2-10-21)18-3-11-22(12-4-18)28-24-15-7-20(26)8-16-24/h1-16,27-28H. The molecule has 0 atom stereocenters. The van der Waals surface area contributed by atoms with Crippen LogP contribution in [0.2, 0.25) is 0 Å². The molecule has 4 rings (SSSR count). The van der Waals surface area contributed by atoms with E-state index >= 15 is 0 Å². The summed E-state index contributed by atoms with van der Waals surface area (Å²) in [5.41, 5.74) is 6.66. The van der Waals surface area contributed by atoms with Crippen molar-refractivity contribution in [3.63, 3.8) is 0 Å². The largest absolute Gasteiger partial charge is 0.356 e. The van der Waals surface area contributed by atoms with Crippen molar-refractivity contribution in [2.75, 3.05) is 10.6 Å². The summed E-state index contributed by atoms with van der Waals surface area (Å²) >= 11 is 6.92. The van der Waals surface area contributed by atoms with Crippen LogP contribution in [0.25, 0.3) is 11.1 Å². The van der Waals surface area contributed by atoms with Gasteiger partial charge in [0, 0.05) is 31.7 Å². The van der Waals surface area contributed by atoms with Gasteiger partial charge < -0.3 is 10.6 Å². The molecule has 4 aromatic rings. The first-order valence-corrected chi connectivity index (χ1v) is 10.5. The fourth-order valence-corrected chi connectivity index (χ4v) is 3.42. The molecular formula is C24H18Br2N2. The maximum absolute atomic E-state index is 3.46. The first-order chi connectivity index (χ1) is 13.7. The number of anilines is 4. The quantitative estimate of drug-likeness (QED) is 0.291. The highest BCUT2D eigenvalue weighted by atomic mass is 79.9. The van der Waals surface area contributed by atoms with E-state index in [0.717, 1.165) is 31.7 Å². The van der Waals surface area contributed by atoms with Gasteiger partial charge in [-0.25, -0.2) is 0 Å². The van der Waals surface area contributed by atoms with Crippen LogP contribution >= 0.6 is 31.9 Å². The van der Waals surface area contributed by atoms with Crippen LogP contribution in [0, 0.1) is 0 Å². The third-order valence-corrected chi connectivity index (χ3v) is 5.43. The summed E-state index contributed by atoms with van der Waals surface area (Å²) in [7, 11) is 0. The highest BCUT2D eigenvalue weighted by Crippen LogP contribution is 2.26. The molecule has 0 unspecified atom stereocenters. The Labute approximate surface area is 181 Å². The highest BCUT2D eigenvalue weighted by molar-refractivity contribution is 9.10. The smallest absolute Gasteiger partial charge is 0.0384 e. The third-order valence-electron chi connectivity index (χ3n) is 4.37. The lowest BCUT2D eigenvalue weighted by Gasteiger charge is -2.10. The second-order valence-corrected chi connectivity index (χ2v) is 8.25. The fraction of sp³-hybridized carbons (Fsp3) is 0. The molecule has 2 nitrogen and oxygen atoms in total. The zero-order chi connectivity index (χ0) is 19.3. The van der Waals surface area contributed by atoms with E-state index in [-0.39, 0.29) is 0 Å². The van der Waals surface area contributed by atoms with Crippen molar-refractivity contribution in [2.24, 2.45) is 0 Å². The van der Waals surface area contributed by atoms with Gasteiger partial charge in [-0.15, -0.1) is 0 Å². The molecule has 0 radical (unpaired) electrons. The Balaban J connectivity index is 1.43. The van der Waals surface area contributed by atoms with Crippen LogP contribution in [-0.4, -0.2) is 0 Å². The summed E-state index contributed by atoms with van der Waals surface area (Å²) in [4.78, 5) is 0. The van der Waals surface area contributed by atoms with Crippen molar-refractivity contribution in [3.05, 3.63) is 106 Å². The molecular weight excluding hydrogens is 476 g/mol. The van der Waals surface area contributed by atoms with E-state index in [9.17, 15) is 0 Å². The first kappa shape index (κ1) is 18.8. The molecule has 0 aliphatic heterocycles. The lowest BCUT2D eigenvalue weighted by atomic mass is 10.0. The summed E-state index contributed by atoms with van der Waals surface area (Å²) in [5, 5.41) is 6.83. The lowest BCUT2D eigenvalue weighted by Crippen LogP contribution is -1.91. The molecule has 138 valence electrons. The van der Waals surface area contributed by atoms with Crippen molar-refractivity contribution in [1.82, 2.24) is 0 Å². The highest BCUT2D eigenvalue weighted by Gasteiger charge is 2.01. The van der Waals surface area contributed by atoms with Gasteiger partial charge in [0.05, 0.1) is 0 Å². The molecule has 4 heteroatoms. The maximum atomic E-state index is 3.46. The number of nitrogens with one attached hydrogen (secondary N) is 2. The molecule has 0 fully saturated rings. The Morgan fingerprint density at radius 1 is 0.357 bits per heavy atom. The van der Waals surface area contributed by atoms with Crippen LogP contribution in [0.3, 0.4) is 0 Å². The van der Waals surface area contributed by atoms with Gasteiger partial charge in [0.2, 0.25) is 0 Å². The number of hydrogen-bond donors (Lipinski definition) is 2. The minimum Gasteiger partial charge on any atom is -0.356 e. The lowest BCUT2D eigenvalue weighted by molar-refractivity contribution is 1.52. The molecule has 0 heterocycles. The fourth-order valence-electron chi connectivity index (χ4n) is 2.89. The monoisotopic (exact) mass is 492 g/mol. The molecule has 0 saturated heterocycles. The summed E-state index contributed by atoms with van der Waals surface area (Å²) in [6, 6.07) is 33.3. The van der Waals surface area contributed by atoms with Crippen LogP contribution in [0.1, 0.15) is 0 Å². The van der Waals surface area contributed by atoms with Gasteiger partial charge in [0.15, 0.2) is 0 Å². The average Bonchev–Trinajstić information content (AvgIpc) is 2.73. The van der Waals surface area contributed by atoms with Crippen LogP contribution in [0.15, 0.2) is 106 Å². The Hall–Kier alpha value is -2.56. The molecule has 0 spiro atoms. The molecule has 28 heavy (non-hydrogen) atoms. The van der Waals surface area contributed by atoms with E-state index in [1.807, 2.05) is 24.3 Å². The Kier molecular flexibility index (Phi) is 5.79. The normalized spacial score (nSPS) is 10.5. The molecule has 2 N–H and O–H groups in total. The first-order valence-electron chi connectivity index (χ1n) is 8.91. The predicted octanol–water partition coefficient (Wildman–Crippen LogP) is 8.37. The topological polar surface area (TPSA) is 24.1 Å². The summed E-state index contributed by atoms with van der Waals surface area (Å²) in [5.74, 6) is 0. The van der Waals surface area contributed by atoms with Crippen LogP contribution in [-0.2, 0) is 0 Å². The van der Waals surface area contributed by atoms with E-state index in [4.69, 9.17) is 0 Å². The van der Waals surface area contributed by atoms with E-state index < -0.39 is 0 Å². The average molecular weight is 494 g/mol. The summed E-state index contributed by atoms with van der Waals surface area (Å²) < 4.78 is 2.15. The second kappa shape index (κ2) is 8.63. The van der Waals surface area contributed by atoms with E-state index in [1.165, 1.54) is 11.1 Å². The number of benzene rings is 4. The van der Waals surface area contributed by atoms with Crippen molar-refractivity contribution in [2.45, 2.75) is 0 Å². The van der Waals surface area contributed by atoms with Gasteiger partial charge in [-0.3, -0.25) is 0 Å². The molecule has 0 aromatic heterocycles. The van der Waals surface area contributed by atoms with E-state index in [1.54, 1.807) is 0 Å². The minimum atomic E-state index is 1.07. The Morgan fingerprint density at radius 3 is 0.893 bits per heavy atom. The summed E-state index contributed by atoms with van der Waals surface area (Å²) in [6.45, 7) is 0. The van der Waals surface area contributed by atoms with Crippen molar-refractivity contribution < 1.29 is 0 Å².